The van der Waals surface area contributed by atoms with Gasteiger partial charge in [-0.15, -0.1) is 0 Å². The van der Waals surface area contributed by atoms with Crippen molar-refractivity contribution in [3.8, 4) is 100 Å². The summed E-state index contributed by atoms with van der Waals surface area (Å²) in [5.41, 5.74) is 22.9. The molecule has 0 N–H and O–H groups in total. The summed E-state index contributed by atoms with van der Waals surface area (Å²) >= 11 is 0. The zero-order valence-corrected chi connectivity index (χ0v) is 84.5. The molecule has 678 valence electrons. The lowest BCUT2D eigenvalue weighted by atomic mass is 9.83. The molecule has 0 amide bonds. The predicted molar refractivity (Wildman–Crippen MR) is 639 cm³/mol. The minimum atomic E-state index is -0.681. The van der Waals surface area contributed by atoms with E-state index in [0.717, 1.165) is 0 Å². The summed E-state index contributed by atoms with van der Waals surface area (Å²) in [6.07, 6.45) is 0. The zero-order chi connectivity index (χ0) is 96.0. The largest absolute Gasteiger partial charge is 0.0875 e. The van der Waals surface area contributed by atoms with Crippen LogP contribution in [0.5, 0.6) is 0 Å². The van der Waals surface area contributed by atoms with Crippen LogP contribution in [0.1, 0.15) is 0 Å². The van der Waals surface area contributed by atoms with E-state index in [4.69, 9.17) is 0 Å². The Hall–Kier alpha value is -17.8. The molecule has 0 aliphatic carbocycles. The van der Waals surface area contributed by atoms with E-state index in [2.05, 4.69) is 558 Å². The van der Waals surface area contributed by atoms with E-state index < -0.39 is 28.6 Å². The van der Waals surface area contributed by atoms with E-state index >= 15 is 0 Å². The molecule has 0 aliphatic rings. The van der Waals surface area contributed by atoms with Crippen molar-refractivity contribution in [2.24, 2.45) is 0 Å². The lowest BCUT2D eigenvalue weighted by Gasteiger charge is -2.21. The second kappa shape index (κ2) is 38.3. The van der Waals surface area contributed by atoms with E-state index in [9.17, 15) is 0 Å². The molecule has 0 aromatic heterocycles. The molecule has 0 fully saturated rings. The Labute approximate surface area is 851 Å². The lowest BCUT2D eigenvalue weighted by molar-refractivity contribution is 1.63. The Morgan fingerprint density at radius 3 is 0.731 bits per heavy atom. The summed E-state index contributed by atoms with van der Waals surface area (Å²) in [6.45, 7) is 0. The van der Waals surface area contributed by atoms with Crippen molar-refractivity contribution < 1.29 is 0 Å². The first-order valence-corrected chi connectivity index (χ1v) is 54.8. The van der Waals surface area contributed by atoms with Crippen LogP contribution in [0.15, 0.2) is 558 Å². The van der Waals surface area contributed by atoms with Crippen LogP contribution in [0.4, 0.5) is 0 Å². The Bertz CT molecular complexity index is 9910. The number of rotatable bonds is 15. The highest BCUT2D eigenvalue weighted by molar-refractivity contribution is 6.69. The van der Waals surface area contributed by atoms with Crippen molar-refractivity contribution in [3.63, 3.8) is 0 Å². The van der Waals surface area contributed by atoms with Crippen LogP contribution in [0.25, 0.3) is 240 Å². The summed E-state index contributed by atoms with van der Waals surface area (Å²) in [5, 5.41) is 42.2. The first-order chi connectivity index (χ1) is 71.9. The number of hydrogen-bond donors (Lipinski definition) is 0. The fourth-order valence-electron chi connectivity index (χ4n) is 23.3. The van der Waals surface area contributed by atoms with Gasteiger partial charge in [-0.1, -0.05) is 559 Å². The second-order valence-corrected chi connectivity index (χ2v) is 44.6. The van der Waals surface area contributed by atoms with Crippen molar-refractivity contribution in [1.29, 1.82) is 0 Å². The van der Waals surface area contributed by atoms with Crippen LogP contribution in [0, 0.1) is 0 Å². The molecule has 0 saturated carbocycles. The minimum Gasteiger partial charge on any atom is -0.0633 e. The van der Waals surface area contributed by atoms with E-state index in [1.807, 2.05) is 0 Å². The van der Waals surface area contributed by atoms with Crippen LogP contribution in [0.3, 0.4) is 0 Å². The molecule has 0 radical (unpaired) electrons. The van der Waals surface area contributed by atoms with Gasteiger partial charge in [0, 0.05) is 0 Å². The summed E-state index contributed by atoms with van der Waals surface area (Å²) in [4.78, 5) is 0. The zero-order valence-electron chi connectivity index (χ0n) is 80.2. The van der Waals surface area contributed by atoms with E-state index in [1.165, 1.54) is 271 Å². The van der Waals surface area contributed by atoms with Crippen molar-refractivity contribution in [2.75, 3.05) is 0 Å². The molecule has 0 unspecified atom stereocenters. The molecule has 28 aromatic rings. The van der Waals surface area contributed by atoms with Crippen LogP contribution in [-0.2, 0) is 0 Å². The lowest BCUT2D eigenvalue weighted by Crippen LogP contribution is -2.26. The van der Waals surface area contributed by atoms with Crippen LogP contribution in [-0.4, -0.2) is 28.6 Å². The maximum absolute atomic E-state index is 2.53. The molecule has 0 nitrogen and oxygen atoms in total. The van der Waals surface area contributed by atoms with Crippen LogP contribution in [0.2, 0.25) is 0 Å². The Morgan fingerprint density at radius 2 is 0.338 bits per heavy atom. The summed E-state index contributed by atoms with van der Waals surface area (Å²) in [7, 11) is -1.98. The molecular formula is C142H98Si3. The maximum Gasteiger partial charge on any atom is 0.0875 e. The Kier molecular flexibility index (Phi) is 23.1. The summed E-state index contributed by atoms with van der Waals surface area (Å²) < 4.78 is 0. The summed E-state index contributed by atoms with van der Waals surface area (Å²) in [5.74, 6) is 0. The highest BCUT2D eigenvalue weighted by Crippen LogP contribution is 2.51. The molecule has 3 heteroatoms. The molecule has 145 heavy (non-hydrogen) atoms. The molecular weight excluding hydrogens is 1790 g/mol. The molecule has 0 heterocycles. The average molecular weight is 1890 g/mol. The van der Waals surface area contributed by atoms with Gasteiger partial charge in [0.2, 0.25) is 0 Å². The molecule has 0 spiro atoms. The topological polar surface area (TPSA) is 0 Å². The van der Waals surface area contributed by atoms with E-state index in [-0.39, 0.29) is 0 Å². The van der Waals surface area contributed by atoms with Crippen molar-refractivity contribution >= 4 is 200 Å². The second-order valence-electron chi connectivity index (χ2n) is 38.6. The molecule has 0 saturated heterocycles. The smallest absolute Gasteiger partial charge is 0.0633 e. The number of hydrogen-bond acceptors (Lipinski definition) is 0. The highest BCUT2D eigenvalue weighted by atomic mass is 28.2. The van der Waals surface area contributed by atoms with Gasteiger partial charge >= 0.3 is 0 Å². The number of benzene rings is 28. The Balaban J connectivity index is 0.000000111. The van der Waals surface area contributed by atoms with Crippen LogP contribution < -0.4 is 31.1 Å². The van der Waals surface area contributed by atoms with Gasteiger partial charge in [-0.2, -0.15) is 0 Å². The van der Waals surface area contributed by atoms with Gasteiger partial charge < -0.3 is 0 Å². The van der Waals surface area contributed by atoms with Gasteiger partial charge in [0.1, 0.15) is 0 Å². The fourth-order valence-corrected chi connectivity index (χ4v) is 27.9. The van der Waals surface area contributed by atoms with Crippen molar-refractivity contribution in [2.45, 2.75) is 0 Å². The molecule has 28 aromatic carbocycles. The third kappa shape index (κ3) is 16.6. The van der Waals surface area contributed by atoms with Gasteiger partial charge in [0.25, 0.3) is 0 Å². The third-order valence-electron chi connectivity index (χ3n) is 29.9. The first-order valence-electron chi connectivity index (χ1n) is 50.6. The summed E-state index contributed by atoms with van der Waals surface area (Å²) in [6, 6.07) is 207. The number of fused-ring (bicyclic) bond motifs is 14. The van der Waals surface area contributed by atoms with Gasteiger partial charge in [-0.05, 0) is 271 Å². The Morgan fingerprint density at radius 1 is 0.0897 bits per heavy atom. The molecule has 0 atom stereocenters. The van der Waals surface area contributed by atoms with Crippen molar-refractivity contribution in [3.05, 3.63) is 558 Å². The SMILES string of the molecule is c1ccc([SiH2]c2ccc3c(-c4ccc5ccccc5c4)c4ccccc4c(-c4cccc(-c5cccc6ccccc56)c4)c3c2)cc1.c1ccc([SiH2]c2ccc3c(-c4cccc(-c5cccc6ccccc56)c4)c4ccccc4c(-c4cc5ccccc5c5ccccc45)c3c2)cc1.c1ccc([SiH2]c2ccc3c(-c4cccc5ccccc45)c4ccccc4c(-c4cccc(-c5cccc6ccccc56)c4)c3c2)cc1. The molecule has 0 bridgehead atoms. The highest BCUT2D eigenvalue weighted by Gasteiger charge is 2.26. The fraction of sp³-hybridized carbons (Fsp3) is 0. The maximum atomic E-state index is 2.53. The minimum absolute atomic E-state index is 0.646. The van der Waals surface area contributed by atoms with Gasteiger partial charge in [-0.3, -0.25) is 0 Å². The monoisotopic (exact) mass is 1890 g/mol. The third-order valence-corrected chi connectivity index (χ3v) is 35.1. The van der Waals surface area contributed by atoms with Gasteiger partial charge in [0.15, 0.2) is 0 Å². The normalized spacial score (nSPS) is 11.8. The van der Waals surface area contributed by atoms with E-state index in [0.29, 0.717) is 0 Å². The van der Waals surface area contributed by atoms with Gasteiger partial charge in [-0.25, -0.2) is 0 Å². The van der Waals surface area contributed by atoms with Crippen LogP contribution >= 0.6 is 0 Å². The van der Waals surface area contributed by atoms with E-state index in [1.54, 1.807) is 0 Å². The predicted octanol–water partition coefficient (Wildman–Crippen LogP) is 32.4. The molecule has 0 aliphatic heterocycles. The molecule has 28 rings (SSSR count). The van der Waals surface area contributed by atoms with Gasteiger partial charge in [0.05, 0.1) is 28.6 Å². The quantitative estimate of drug-likeness (QED) is 0.0545. The average Bonchev–Trinajstić information content (AvgIpc) is 0.726. The standard InChI is InChI=1S/C50H34Si.2C46H32Si/c1-2-19-37(20-3-1)51-38-28-29-46-48(32-38)50(47-31-35-15-5-7-22-41(35)42-23-8-9-24-43(42)47)45-26-11-10-25-44(45)49(46)36-18-12-17-34(30-36)40-27-13-16-33-14-4-6-21-39(33)40;1-2-19-35(20-3-1)47-36-27-28-43-44(30-36)45(34-18-10-17-33(29-34)39-25-11-15-31-13-4-6-21-37(31)39)41-23-8-9-24-42(41)46(43)40-26-12-16-32-14-5-7-22-38(32)40;1-2-18-37(19-3-1)47-38-26-27-43-44(30-38)46(35-17-10-16-34(29-35)40-23-11-15-32-13-6-7-20-39(32)40)42-22-9-8-21-41(42)45(43)36-25-24-31-12-4-5-14-33(31)28-36/h1-32H,51H2;2*1-30H,47H2. The first kappa shape index (κ1) is 87.4. The van der Waals surface area contributed by atoms with Crippen molar-refractivity contribution in [1.82, 2.24) is 0 Å².